The largest absolute Gasteiger partial charge is 0.278 e. The van der Waals surface area contributed by atoms with E-state index in [2.05, 4.69) is 46.7 Å². The highest BCUT2D eigenvalue weighted by Gasteiger charge is 1.99. The van der Waals surface area contributed by atoms with E-state index in [1.54, 1.807) is 12.4 Å². The number of anilines is 1. The van der Waals surface area contributed by atoms with Crippen molar-refractivity contribution in [3.05, 3.63) is 60.4 Å². The van der Waals surface area contributed by atoms with Crippen LogP contribution in [0.25, 0.3) is 0 Å². The van der Waals surface area contributed by atoms with Crippen molar-refractivity contribution in [3.8, 4) is 0 Å². The molecule has 0 amide bonds. The van der Waals surface area contributed by atoms with Crippen molar-refractivity contribution in [2.75, 3.05) is 5.43 Å². The van der Waals surface area contributed by atoms with Crippen LogP contribution in [0.15, 0.2) is 60.0 Å². The lowest BCUT2D eigenvalue weighted by Crippen LogP contribution is -2.05. The first-order chi connectivity index (χ1) is 8.88. The van der Waals surface area contributed by atoms with Crippen LogP contribution >= 0.6 is 0 Å². The first kappa shape index (κ1) is 12.3. The summed E-state index contributed by atoms with van der Waals surface area (Å²) in [7, 11) is 0. The van der Waals surface area contributed by atoms with E-state index in [-0.39, 0.29) is 0 Å². The highest BCUT2D eigenvalue weighted by atomic mass is 15.3. The molecule has 0 atom stereocenters. The first-order valence-electron chi connectivity index (χ1n) is 6.14. The van der Waals surface area contributed by atoms with Gasteiger partial charge in [-0.05, 0) is 24.1 Å². The molecule has 3 heteroatoms. The Morgan fingerprint density at radius 2 is 1.83 bits per heavy atom. The van der Waals surface area contributed by atoms with E-state index >= 15 is 0 Å². The standard InChI is InChI=1S/C15H17N3/c1-2-14(12-13-6-4-3-5-7-13)17-18-15-8-10-16-11-9-15/h3-11H,2,12H2,1H3,(H,16,18). The third kappa shape index (κ3) is 3.70. The number of nitrogens with zero attached hydrogens (tertiary/aromatic N) is 2. The van der Waals surface area contributed by atoms with Crippen LogP contribution in [0.2, 0.25) is 0 Å². The minimum absolute atomic E-state index is 0.884. The summed E-state index contributed by atoms with van der Waals surface area (Å²) < 4.78 is 0. The molecule has 0 aliphatic rings. The summed E-state index contributed by atoms with van der Waals surface area (Å²) in [4.78, 5) is 3.97. The monoisotopic (exact) mass is 239 g/mol. The molecule has 1 aromatic heterocycles. The Bertz CT molecular complexity index is 492. The highest BCUT2D eigenvalue weighted by Crippen LogP contribution is 2.06. The molecule has 0 fully saturated rings. The lowest BCUT2D eigenvalue weighted by atomic mass is 10.1. The Morgan fingerprint density at radius 3 is 2.50 bits per heavy atom. The summed E-state index contributed by atoms with van der Waals surface area (Å²) >= 11 is 0. The number of pyridine rings is 1. The maximum absolute atomic E-state index is 4.45. The number of benzene rings is 1. The predicted octanol–water partition coefficient (Wildman–Crippen LogP) is 3.50. The lowest BCUT2D eigenvalue weighted by Gasteiger charge is -2.05. The Kier molecular flexibility index (Phi) is 4.47. The second kappa shape index (κ2) is 6.55. The number of hydrogen-bond donors (Lipinski definition) is 1. The second-order valence-corrected chi connectivity index (χ2v) is 4.04. The van der Waals surface area contributed by atoms with Gasteiger partial charge in [0.1, 0.15) is 0 Å². The van der Waals surface area contributed by atoms with Crippen molar-refractivity contribution in [1.82, 2.24) is 4.98 Å². The molecule has 3 nitrogen and oxygen atoms in total. The maximum atomic E-state index is 4.45. The van der Waals surface area contributed by atoms with E-state index in [9.17, 15) is 0 Å². The highest BCUT2D eigenvalue weighted by molar-refractivity contribution is 5.86. The van der Waals surface area contributed by atoms with Crippen LogP contribution in [0.5, 0.6) is 0 Å². The van der Waals surface area contributed by atoms with Crippen LogP contribution in [-0.2, 0) is 6.42 Å². The molecule has 18 heavy (non-hydrogen) atoms. The van der Waals surface area contributed by atoms with Crippen LogP contribution < -0.4 is 5.43 Å². The van der Waals surface area contributed by atoms with Gasteiger partial charge in [0.25, 0.3) is 0 Å². The quantitative estimate of drug-likeness (QED) is 0.640. The summed E-state index contributed by atoms with van der Waals surface area (Å²) in [5.41, 5.74) is 6.45. The molecule has 92 valence electrons. The molecule has 2 rings (SSSR count). The number of hydrazone groups is 1. The molecule has 2 aromatic rings. The smallest absolute Gasteiger partial charge is 0.0592 e. The van der Waals surface area contributed by atoms with E-state index in [4.69, 9.17) is 0 Å². The van der Waals surface area contributed by atoms with Gasteiger partial charge < -0.3 is 0 Å². The minimum atomic E-state index is 0.884. The van der Waals surface area contributed by atoms with Gasteiger partial charge in [0.15, 0.2) is 0 Å². The SMILES string of the molecule is CCC(Cc1ccccc1)=NNc1ccncc1. The molecule has 0 saturated carbocycles. The third-order valence-corrected chi connectivity index (χ3v) is 2.68. The number of aromatic nitrogens is 1. The summed E-state index contributed by atoms with van der Waals surface area (Å²) in [5, 5.41) is 4.45. The zero-order valence-corrected chi connectivity index (χ0v) is 10.5. The molecule has 0 saturated heterocycles. The fraction of sp³-hybridized carbons (Fsp3) is 0.200. The molecule has 1 N–H and O–H groups in total. The second-order valence-electron chi connectivity index (χ2n) is 4.04. The fourth-order valence-electron chi connectivity index (χ4n) is 1.65. The molecular formula is C15H17N3. The molecular weight excluding hydrogens is 222 g/mol. The Hall–Kier alpha value is -2.16. The molecule has 1 aromatic carbocycles. The molecule has 1 heterocycles. The van der Waals surface area contributed by atoms with Crippen LogP contribution in [0.4, 0.5) is 5.69 Å². The normalized spacial score (nSPS) is 11.3. The van der Waals surface area contributed by atoms with Gasteiger partial charge in [0.2, 0.25) is 0 Å². The average molecular weight is 239 g/mol. The van der Waals surface area contributed by atoms with Crippen LogP contribution in [0.3, 0.4) is 0 Å². The summed E-state index contributed by atoms with van der Waals surface area (Å²) in [6, 6.07) is 14.2. The topological polar surface area (TPSA) is 37.3 Å². The van der Waals surface area contributed by atoms with Gasteiger partial charge >= 0.3 is 0 Å². The van der Waals surface area contributed by atoms with E-state index in [0.717, 1.165) is 24.2 Å². The summed E-state index contributed by atoms with van der Waals surface area (Å²) in [5.74, 6) is 0. The summed E-state index contributed by atoms with van der Waals surface area (Å²) in [6.45, 7) is 2.12. The third-order valence-electron chi connectivity index (χ3n) is 2.68. The molecule has 0 radical (unpaired) electrons. The zero-order valence-electron chi connectivity index (χ0n) is 10.5. The predicted molar refractivity (Wildman–Crippen MR) is 75.7 cm³/mol. The van der Waals surface area contributed by atoms with Crippen LogP contribution in [0, 0.1) is 0 Å². The van der Waals surface area contributed by atoms with Crippen LogP contribution in [-0.4, -0.2) is 10.7 Å². The van der Waals surface area contributed by atoms with Gasteiger partial charge in [-0.15, -0.1) is 0 Å². The fourth-order valence-corrected chi connectivity index (χ4v) is 1.65. The van der Waals surface area contributed by atoms with Crippen molar-refractivity contribution in [2.24, 2.45) is 5.10 Å². The van der Waals surface area contributed by atoms with E-state index in [1.807, 2.05) is 18.2 Å². The van der Waals surface area contributed by atoms with E-state index in [0.29, 0.717) is 0 Å². The van der Waals surface area contributed by atoms with Crippen LogP contribution in [0.1, 0.15) is 18.9 Å². The molecule has 0 aliphatic heterocycles. The van der Waals surface area contributed by atoms with E-state index < -0.39 is 0 Å². The number of nitrogens with one attached hydrogen (secondary N) is 1. The number of hydrogen-bond acceptors (Lipinski definition) is 3. The van der Waals surface area contributed by atoms with Crippen molar-refractivity contribution < 1.29 is 0 Å². The Labute approximate surface area is 108 Å². The first-order valence-corrected chi connectivity index (χ1v) is 6.14. The average Bonchev–Trinajstić information content (AvgIpc) is 2.45. The van der Waals surface area contributed by atoms with Gasteiger partial charge in [-0.2, -0.15) is 5.10 Å². The summed E-state index contributed by atoms with van der Waals surface area (Å²) in [6.07, 6.45) is 5.32. The van der Waals surface area contributed by atoms with Gasteiger partial charge in [-0.25, -0.2) is 0 Å². The van der Waals surface area contributed by atoms with Crippen molar-refractivity contribution in [3.63, 3.8) is 0 Å². The number of rotatable bonds is 5. The van der Waals surface area contributed by atoms with E-state index in [1.165, 1.54) is 5.56 Å². The van der Waals surface area contributed by atoms with Gasteiger partial charge in [0.05, 0.1) is 5.69 Å². The molecule has 0 bridgehead atoms. The Morgan fingerprint density at radius 1 is 1.11 bits per heavy atom. The minimum Gasteiger partial charge on any atom is -0.278 e. The van der Waals surface area contributed by atoms with Gasteiger partial charge in [-0.3, -0.25) is 10.4 Å². The lowest BCUT2D eigenvalue weighted by molar-refractivity contribution is 1.14. The maximum Gasteiger partial charge on any atom is 0.0592 e. The van der Waals surface area contributed by atoms with Gasteiger partial charge in [0, 0.05) is 24.5 Å². The zero-order chi connectivity index (χ0) is 12.6. The van der Waals surface area contributed by atoms with Gasteiger partial charge in [-0.1, -0.05) is 37.3 Å². The van der Waals surface area contributed by atoms with Crippen molar-refractivity contribution in [1.29, 1.82) is 0 Å². The van der Waals surface area contributed by atoms with Crippen molar-refractivity contribution in [2.45, 2.75) is 19.8 Å². The molecule has 0 unspecified atom stereocenters. The molecule has 0 aliphatic carbocycles. The van der Waals surface area contributed by atoms with Crippen molar-refractivity contribution >= 4 is 11.4 Å². The Balaban J connectivity index is 2.00. The molecule has 0 spiro atoms.